The van der Waals surface area contributed by atoms with Crippen LogP contribution in [0.25, 0.3) is 0 Å². The van der Waals surface area contributed by atoms with Crippen molar-refractivity contribution in [2.75, 3.05) is 39.8 Å². The third kappa shape index (κ3) is 4.64. The highest BCUT2D eigenvalue weighted by Gasteiger charge is 2.26. The number of hydrogen-bond acceptors (Lipinski definition) is 5. The van der Waals surface area contributed by atoms with Crippen LogP contribution in [0.3, 0.4) is 0 Å². The van der Waals surface area contributed by atoms with Crippen molar-refractivity contribution in [3.05, 3.63) is 60.4 Å². The number of nitrogens with one attached hydrogen (secondary N) is 1. The summed E-state index contributed by atoms with van der Waals surface area (Å²) in [6, 6.07) is 12.4. The Morgan fingerprint density at radius 1 is 1.08 bits per heavy atom. The number of nitrogens with zero attached hydrogens (tertiary/aromatic N) is 3. The van der Waals surface area contributed by atoms with Crippen LogP contribution in [0.4, 0.5) is 0 Å². The van der Waals surface area contributed by atoms with E-state index in [9.17, 15) is 8.42 Å². The summed E-state index contributed by atoms with van der Waals surface area (Å²) in [4.78, 5) is 9.10. The van der Waals surface area contributed by atoms with E-state index in [1.807, 2.05) is 24.4 Å². The van der Waals surface area contributed by atoms with Crippen LogP contribution in [-0.2, 0) is 10.0 Å². The van der Waals surface area contributed by atoms with Gasteiger partial charge in [0.15, 0.2) is 0 Å². The highest BCUT2D eigenvalue weighted by Crippen LogP contribution is 2.21. The molecule has 1 aromatic carbocycles. The normalized spacial score (nSPS) is 18.1. The van der Waals surface area contributed by atoms with E-state index < -0.39 is 10.0 Å². The zero-order chi connectivity index (χ0) is 17.7. The molecule has 6 nitrogen and oxygen atoms in total. The summed E-state index contributed by atoms with van der Waals surface area (Å²) in [6.45, 7) is 4.09. The van der Waals surface area contributed by atoms with Gasteiger partial charge in [0.1, 0.15) is 0 Å². The van der Waals surface area contributed by atoms with Gasteiger partial charge in [0.05, 0.1) is 4.90 Å². The molecule has 1 saturated heterocycles. The molecule has 3 rings (SSSR count). The maximum absolute atomic E-state index is 12.5. The Bertz CT molecular complexity index is 760. The Morgan fingerprint density at radius 2 is 1.80 bits per heavy atom. The van der Waals surface area contributed by atoms with Gasteiger partial charge >= 0.3 is 0 Å². The zero-order valence-corrected chi connectivity index (χ0v) is 15.2. The summed E-state index contributed by atoms with van der Waals surface area (Å²) in [5.41, 5.74) is 1.03. The van der Waals surface area contributed by atoms with Gasteiger partial charge in [-0.05, 0) is 30.8 Å². The highest BCUT2D eigenvalue weighted by atomic mass is 32.2. The van der Waals surface area contributed by atoms with E-state index in [1.165, 1.54) is 0 Å². The fourth-order valence-corrected chi connectivity index (χ4v) is 4.10. The molecule has 1 aromatic heterocycles. The predicted molar refractivity (Wildman–Crippen MR) is 97.7 cm³/mol. The van der Waals surface area contributed by atoms with Crippen molar-refractivity contribution < 1.29 is 8.42 Å². The predicted octanol–water partition coefficient (Wildman–Crippen LogP) is 1.35. The summed E-state index contributed by atoms with van der Waals surface area (Å²) in [6.07, 6.45) is 3.55. The lowest BCUT2D eigenvalue weighted by Crippen LogP contribution is -2.48. The Hall–Kier alpha value is -1.80. The third-order valence-electron chi connectivity index (χ3n) is 4.57. The van der Waals surface area contributed by atoms with Crippen LogP contribution >= 0.6 is 0 Å². The Kier molecular flexibility index (Phi) is 5.80. The Morgan fingerprint density at radius 3 is 2.44 bits per heavy atom. The van der Waals surface area contributed by atoms with Gasteiger partial charge in [0, 0.05) is 51.2 Å². The van der Waals surface area contributed by atoms with Crippen LogP contribution in [0.1, 0.15) is 11.6 Å². The first-order valence-corrected chi connectivity index (χ1v) is 9.92. The minimum Gasteiger partial charge on any atom is -0.304 e. The van der Waals surface area contributed by atoms with E-state index in [4.69, 9.17) is 0 Å². The quantitative estimate of drug-likeness (QED) is 0.842. The van der Waals surface area contributed by atoms with Crippen molar-refractivity contribution in [1.82, 2.24) is 19.5 Å². The molecule has 1 N–H and O–H groups in total. The number of sulfonamides is 1. The molecule has 1 fully saturated rings. The van der Waals surface area contributed by atoms with Crippen molar-refractivity contribution in [1.29, 1.82) is 0 Å². The van der Waals surface area contributed by atoms with Gasteiger partial charge in [-0.3, -0.25) is 9.88 Å². The summed E-state index contributed by atoms with van der Waals surface area (Å²) in [5, 5.41) is 0. The number of hydrogen-bond donors (Lipinski definition) is 1. The SMILES string of the molecule is CN1CCN(C(CNS(=O)(=O)c2ccccc2)c2cccnc2)CC1. The van der Waals surface area contributed by atoms with Crippen molar-refractivity contribution in [3.63, 3.8) is 0 Å². The standard InChI is InChI=1S/C18H24N4O2S/c1-21-10-12-22(13-11-21)18(16-6-5-9-19-14-16)15-20-25(23,24)17-7-3-2-4-8-17/h2-9,14,18,20H,10-13,15H2,1H3. The van der Waals surface area contributed by atoms with Gasteiger partial charge in [-0.2, -0.15) is 0 Å². The van der Waals surface area contributed by atoms with Gasteiger partial charge in [0.2, 0.25) is 10.0 Å². The lowest BCUT2D eigenvalue weighted by atomic mass is 10.1. The van der Waals surface area contributed by atoms with E-state index >= 15 is 0 Å². The van der Waals surface area contributed by atoms with Crippen LogP contribution in [-0.4, -0.2) is 63.0 Å². The Labute approximate surface area is 149 Å². The minimum atomic E-state index is -3.52. The molecule has 2 aromatic rings. The average molecular weight is 360 g/mol. The third-order valence-corrected chi connectivity index (χ3v) is 6.01. The summed E-state index contributed by atoms with van der Waals surface area (Å²) in [5.74, 6) is 0. The van der Waals surface area contributed by atoms with Gasteiger partial charge in [-0.1, -0.05) is 24.3 Å². The van der Waals surface area contributed by atoms with E-state index in [0.29, 0.717) is 11.4 Å². The van der Waals surface area contributed by atoms with Crippen molar-refractivity contribution in [3.8, 4) is 0 Å². The first kappa shape index (κ1) is 18.0. The fraction of sp³-hybridized carbons (Fsp3) is 0.389. The molecule has 2 heterocycles. The van der Waals surface area contributed by atoms with E-state index in [-0.39, 0.29) is 6.04 Å². The summed E-state index contributed by atoms with van der Waals surface area (Å²) < 4.78 is 27.9. The molecule has 7 heteroatoms. The largest absolute Gasteiger partial charge is 0.304 e. The number of piperazine rings is 1. The Balaban J connectivity index is 1.76. The average Bonchev–Trinajstić information content (AvgIpc) is 2.65. The van der Waals surface area contributed by atoms with E-state index in [2.05, 4.69) is 26.6 Å². The van der Waals surface area contributed by atoms with Gasteiger partial charge < -0.3 is 4.90 Å². The molecule has 1 aliphatic rings. The lowest BCUT2D eigenvalue weighted by Gasteiger charge is -2.38. The van der Waals surface area contributed by atoms with Crippen LogP contribution < -0.4 is 4.72 Å². The van der Waals surface area contributed by atoms with Crippen molar-refractivity contribution >= 4 is 10.0 Å². The zero-order valence-electron chi connectivity index (χ0n) is 14.4. The molecule has 1 aliphatic heterocycles. The topological polar surface area (TPSA) is 65.5 Å². The van der Waals surface area contributed by atoms with Gasteiger partial charge in [-0.15, -0.1) is 0 Å². The first-order chi connectivity index (χ1) is 12.1. The molecule has 0 amide bonds. The molecule has 0 aliphatic carbocycles. The molecular formula is C18H24N4O2S. The van der Waals surface area contributed by atoms with Gasteiger partial charge in [0.25, 0.3) is 0 Å². The molecular weight excluding hydrogens is 336 g/mol. The number of aromatic nitrogens is 1. The summed E-state index contributed by atoms with van der Waals surface area (Å²) in [7, 11) is -1.41. The minimum absolute atomic E-state index is 0.0270. The van der Waals surface area contributed by atoms with Crippen molar-refractivity contribution in [2.45, 2.75) is 10.9 Å². The molecule has 1 atom stereocenters. The van der Waals surface area contributed by atoms with Crippen LogP contribution in [0.5, 0.6) is 0 Å². The second-order valence-corrected chi connectivity index (χ2v) is 8.07. The maximum Gasteiger partial charge on any atom is 0.240 e. The molecule has 1 unspecified atom stereocenters. The fourth-order valence-electron chi connectivity index (χ4n) is 3.04. The number of pyridine rings is 1. The highest BCUT2D eigenvalue weighted by molar-refractivity contribution is 7.89. The summed E-state index contributed by atoms with van der Waals surface area (Å²) >= 11 is 0. The number of rotatable bonds is 6. The number of benzene rings is 1. The molecule has 134 valence electrons. The molecule has 0 spiro atoms. The molecule has 0 radical (unpaired) electrons. The van der Waals surface area contributed by atoms with E-state index in [1.54, 1.807) is 30.5 Å². The van der Waals surface area contributed by atoms with Crippen LogP contribution in [0, 0.1) is 0 Å². The van der Waals surface area contributed by atoms with E-state index in [0.717, 1.165) is 31.7 Å². The first-order valence-electron chi connectivity index (χ1n) is 8.43. The van der Waals surface area contributed by atoms with Crippen molar-refractivity contribution in [2.24, 2.45) is 0 Å². The molecule has 0 bridgehead atoms. The maximum atomic E-state index is 12.5. The molecule has 25 heavy (non-hydrogen) atoms. The number of likely N-dealkylation sites (N-methyl/N-ethyl adjacent to an activating group) is 1. The smallest absolute Gasteiger partial charge is 0.240 e. The second kappa shape index (κ2) is 8.05. The van der Waals surface area contributed by atoms with Crippen LogP contribution in [0.2, 0.25) is 0 Å². The second-order valence-electron chi connectivity index (χ2n) is 6.31. The lowest BCUT2D eigenvalue weighted by molar-refractivity contribution is 0.112. The van der Waals surface area contributed by atoms with Crippen LogP contribution in [0.15, 0.2) is 59.8 Å². The van der Waals surface area contributed by atoms with Gasteiger partial charge in [-0.25, -0.2) is 13.1 Å². The monoisotopic (exact) mass is 360 g/mol. The molecule has 0 saturated carbocycles.